The number of rotatable bonds is 3. The Labute approximate surface area is 159 Å². The summed E-state index contributed by atoms with van der Waals surface area (Å²) < 4.78 is 1.69. The second kappa shape index (κ2) is 6.74. The number of amides is 1. The Kier molecular flexibility index (Phi) is 4.42. The van der Waals surface area contributed by atoms with Crippen LogP contribution in [0.25, 0.3) is 11.0 Å². The third-order valence-corrected chi connectivity index (χ3v) is 4.90. The molecule has 1 aliphatic heterocycles. The Bertz CT molecular complexity index is 968. The Morgan fingerprint density at radius 2 is 2.00 bits per heavy atom. The van der Waals surface area contributed by atoms with Crippen LogP contribution in [-0.2, 0) is 11.8 Å². The summed E-state index contributed by atoms with van der Waals surface area (Å²) in [6, 6.07) is 4.65. The maximum Gasteiger partial charge on any atom is 0.247 e. The van der Waals surface area contributed by atoms with Gasteiger partial charge in [-0.1, -0.05) is 23.2 Å². The molecule has 26 heavy (non-hydrogen) atoms. The minimum absolute atomic E-state index is 0.114. The predicted octanol–water partition coefficient (Wildman–Crippen LogP) is 3.28. The summed E-state index contributed by atoms with van der Waals surface area (Å²) >= 11 is 12.0. The molecule has 4 rings (SSSR count). The van der Waals surface area contributed by atoms with Gasteiger partial charge in [-0.3, -0.25) is 9.48 Å². The van der Waals surface area contributed by atoms with Crippen molar-refractivity contribution in [2.24, 2.45) is 7.05 Å². The van der Waals surface area contributed by atoms with E-state index < -0.39 is 0 Å². The highest BCUT2D eigenvalue weighted by Gasteiger charge is 2.33. The zero-order valence-corrected chi connectivity index (χ0v) is 15.5. The van der Waals surface area contributed by atoms with Gasteiger partial charge in [-0.25, -0.2) is 9.97 Å². The van der Waals surface area contributed by atoms with Crippen LogP contribution in [0.1, 0.15) is 12.8 Å². The van der Waals surface area contributed by atoms with E-state index in [4.69, 9.17) is 23.2 Å². The summed E-state index contributed by atoms with van der Waals surface area (Å²) in [7, 11) is 1.83. The van der Waals surface area contributed by atoms with Gasteiger partial charge in [0, 0.05) is 29.3 Å². The van der Waals surface area contributed by atoms with Crippen molar-refractivity contribution in [2.75, 3.05) is 16.8 Å². The lowest BCUT2D eigenvalue weighted by atomic mass is 10.2. The highest BCUT2D eigenvalue weighted by Crippen LogP contribution is 2.30. The molecule has 3 heterocycles. The molecule has 0 spiro atoms. The molecule has 1 aliphatic rings. The molecule has 0 aliphatic carbocycles. The van der Waals surface area contributed by atoms with Gasteiger partial charge in [0.15, 0.2) is 5.65 Å². The van der Waals surface area contributed by atoms with Crippen molar-refractivity contribution in [2.45, 2.75) is 18.9 Å². The number of hydrogen-bond acceptors (Lipinski definition) is 5. The Balaban J connectivity index is 1.62. The SMILES string of the molecule is Cn1ncc2c(N3CCC[C@@H]3C(=O)Nc3cc(Cl)cc(Cl)c3)ncnc21. The molecule has 3 aromatic rings. The second-order valence-corrected chi connectivity index (χ2v) is 7.07. The number of aromatic nitrogens is 4. The standard InChI is InChI=1S/C17H16Cl2N6O/c1-24-15-13(8-22-24)16(21-9-20-15)25-4-2-3-14(25)17(26)23-12-6-10(18)5-11(19)7-12/h5-9,14H,2-4H2,1H3,(H,23,26)/t14-/m1/s1. The zero-order chi connectivity index (χ0) is 18.3. The maximum absolute atomic E-state index is 12.9. The lowest BCUT2D eigenvalue weighted by Crippen LogP contribution is -2.40. The van der Waals surface area contributed by atoms with Crippen LogP contribution in [0.15, 0.2) is 30.7 Å². The lowest BCUT2D eigenvalue weighted by Gasteiger charge is -2.25. The normalized spacial score (nSPS) is 17.0. The molecule has 2 aromatic heterocycles. The molecule has 1 atom stereocenters. The molecule has 134 valence electrons. The highest BCUT2D eigenvalue weighted by atomic mass is 35.5. The summed E-state index contributed by atoms with van der Waals surface area (Å²) in [5.41, 5.74) is 1.32. The third kappa shape index (κ3) is 3.08. The molecule has 7 nitrogen and oxygen atoms in total. The molecular formula is C17H16Cl2N6O. The number of carbonyl (C=O) groups is 1. The molecule has 0 bridgehead atoms. The van der Waals surface area contributed by atoms with Crippen LogP contribution in [0.4, 0.5) is 11.5 Å². The summed E-state index contributed by atoms with van der Waals surface area (Å²) in [6.45, 7) is 0.745. The number of benzene rings is 1. The van der Waals surface area contributed by atoms with E-state index in [1.165, 1.54) is 6.33 Å². The Hall–Kier alpha value is -2.38. The van der Waals surface area contributed by atoms with Gasteiger partial charge in [0.05, 0.1) is 11.6 Å². The number of nitrogens with zero attached hydrogens (tertiary/aromatic N) is 5. The number of nitrogens with one attached hydrogen (secondary N) is 1. The van der Waals surface area contributed by atoms with Crippen LogP contribution in [0, 0.1) is 0 Å². The number of halogens is 2. The number of anilines is 2. The number of carbonyl (C=O) groups excluding carboxylic acids is 1. The summed E-state index contributed by atoms with van der Waals surface area (Å²) in [5.74, 6) is 0.612. The smallest absolute Gasteiger partial charge is 0.247 e. The molecule has 0 radical (unpaired) electrons. The van der Waals surface area contributed by atoms with Gasteiger partial charge in [-0.2, -0.15) is 5.10 Å². The van der Waals surface area contributed by atoms with E-state index in [0.717, 1.165) is 36.2 Å². The van der Waals surface area contributed by atoms with Gasteiger partial charge in [0.1, 0.15) is 18.2 Å². The fourth-order valence-corrected chi connectivity index (χ4v) is 3.85. The quantitative estimate of drug-likeness (QED) is 0.742. The molecule has 9 heteroatoms. The van der Waals surface area contributed by atoms with Gasteiger partial charge in [-0.15, -0.1) is 0 Å². The maximum atomic E-state index is 12.9. The molecule has 1 N–H and O–H groups in total. The fourth-order valence-electron chi connectivity index (χ4n) is 3.32. The van der Waals surface area contributed by atoms with Gasteiger partial charge in [0.25, 0.3) is 0 Å². The van der Waals surface area contributed by atoms with Crippen LogP contribution in [0.3, 0.4) is 0 Å². The largest absolute Gasteiger partial charge is 0.344 e. The topological polar surface area (TPSA) is 75.9 Å². The zero-order valence-electron chi connectivity index (χ0n) is 14.0. The first-order valence-corrected chi connectivity index (χ1v) is 8.95. The number of hydrogen-bond donors (Lipinski definition) is 1. The first kappa shape index (κ1) is 17.1. The average molecular weight is 391 g/mol. The highest BCUT2D eigenvalue weighted by molar-refractivity contribution is 6.35. The molecule has 0 saturated carbocycles. The van der Waals surface area contributed by atoms with Crippen molar-refractivity contribution in [3.8, 4) is 0 Å². The van der Waals surface area contributed by atoms with E-state index in [0.29, 0.717) is 15.7 Å². The Morgan fingerprint density at radius 1 is 1.23 bits per heavy atom. The minimum atomic E-state index is -0.328. The minimum Gasteiger partial charge on any atom is -0.344 e. The van der Waals surface area contributed by atoms with Crippen molar-refractivity contribution >= 4 is 51.6 Å². The van der Waals surface area contributed by atoms with Crippen molar-refractivity contribution < 1.29 is 4.79 Å². The van der Waals surface area contributed by atoms with E-state index >= 15 is 0 Å². The number of aryl methyl sites for hydroxylation is 1. The van der Waals surface area contributed by atoms with Crippen LogP contribution >= 0.6 is 23.2 Å². The van der Waals surface area contributed by atoms with E-state index in [1.54, 1.807) is 29.1 Å². The summed E-state index contributed by atoms with van der Waals surface area (Å²) in [5, 5.41) is 8.93. The predicted molar refractivity (Wildman–Crippen MR) is 102 cm³/mol. The molecule has 1 saturated heterocycles. The van der Waals surface area contributed by atoms with Gasteiger partial charge in [-0.05, 0) is 31.0 Å². The molecule has 1 fully saturated rings. The average Bonchev–Trinajstić information content (AvgIpc) is 3.21. The van der Waals surface area contributed by atoms with Crippen LogP contribution in [0.5, 0.6) is 0 Å². The van der Waals surface area contributed by atoms with E-state index in [-0.39, 0.29) is 11.9 Å². The molecule has 1 amide bonds. The second-order valence-electron chi connectivity index (χ2n) is 6.20. The van der Waals surface area contributed by atoms with E-state index in [1.807, 2.05) is 11.9 Å². The third-order valence-electron chi connectivity index (χ3n) is 4.47. The summed E-state index contributed by atoms with van der Waals surface area (Å²) in [6.07, 6.45) is 4.88. The van der Waals surface area contributed by atoms with Crippen LogP contribution in [-0.4, -0.2) is 38.2 Å². The first-order chi connectivity index (χ1) is 12.5. The van der Waals surface area contributed by atoms with Gasteiger partial charge >= 0.3 is 0 Å². The van der Waals surface area contributed by atoms with Crippen LogP contribution < -0.4 is 10.2 Å². The van der Waals surface area contributed by atoms with Crippen LogP contribution in [0.2, 0.25) is 10.0 Å². The fraction of sp³-hybridized carbons (Fsp3) is 0.294. The number of fused-ring (bicyclic) bond motifs is 1. The van der Waals surface area contributed by atoms with Crippen molar-refractivity contribution in [1.82, 2.24) is 19.7 Å². The lowest BCUT2D eigenvalue weighted by molar-refractivity contribution is -0.117. The van der Waals surface area contributed by atoms with Gasteiger partial charge in [0.2, 0.25) is 5.91 Å². The van der Waals surface area contributed by atoms with Crippen molar-refractivity contribution in [1.29, 1.82) is 0 Å². The summed E-state index contributed by atoms with van der Waals surface area (Å²) in [4.78, 5) is 23.5. The van der Waals surface area contributed by atoms with E-state index in [2.05, 4.69) is 20.4 Å². The molecule has 0 unspecified atom stereocenters. The van der Waals surface area contributed by atoms with E-state index in [9.17, 15) is 4.79 Å². The monoisotopic (exact) mass is 390 g/mol. The van der Waals surface area contributed by atoms with Crippen molar-refractivity contribution in [3.63, 3.8) is 0 Å². The molecular weight excluding hydrogens is 375 g/mol. The van der Waals surface area contributed by atoms with Gasteiger partial charge < -0.3 is 10.2 Å². The van der Waals surface area contributed by atoms with Crippen molar-refractivity contribution in [3.05, 3.63) is 40.8 Å². The first-order valence-electron chi connectivity index (χ1n) is 8.19. The Morgan fingerprint density at radius 3 is 2.77 bits per heavy atom. The molecule has 1 aromatic carbocycles.